The van der Waals surface area contributed by atoms with Crippen LogP contribution in [0, 0.1) is 5.92 Å². The zero-order valence-electron chi connectivity index (χ0n) is 16.2. The van der Waals surface area contributed by atoms with E-state index in [1.54, 1.807) is 0 Å². The smallest absolute Gasteiger partial charge is 0.233 e. The molecule has 1 amide bonds. The molecule has 0 spiro atoms. The van der Waals surface area contributed by atoms with Gasteiger partial charge in [0.15, 0.2) is 15.0 Å². The zero-order valence-corrected chi connectivity index (χ0v) is 17.8. The van der Waals surface area contributed by atoms with Gasteiger partial charge in [0.2, 0.25) is 5.91 Å². The quantitative estimate of drug-likeness (QED) is 0.566. The maximum atomic E-state index is 12.5. The molecule has 1 saturated carbocycles. The Hall–Kier alpha value is -1.09. The largest absolute Gasteiger partial charge is 0.352 e. The number of amides is 1. The molecule has 0 radical (unpaired) electrons. The molecule has 1 saturated heterocycles. The summed E-state index contributed by atoms with van der Waals surface area (Å²) in [5.41, 5.74) is 0. The van der Waals surface area contributed by atoms with Crippen LogP contribution >= 0.6 is 11.8 Å². The van der Waals surface area contributed by atoms with Gasteiger partial charge in [-0.05, 0) is 32.1 Å². The van der Waals surface area contributed by atoms with Crippen molar-refractivity contribution in [1.29, 1.82) is 0 Å². The third-order valence-corrected chi connectivity index (χ3v) is 8.55. The lowest BCUT2D eigenvalue weighted by Crippen LogP contribution is -2.39. The van der Waals surface area contributed by atoms with E-state index in [0.29, 0.717) is 24.0 Å². The molecule has 1 aromatic heterocycles. The van der Waals surface area contributed by atoms with E-state index < -0.39 is 9.84 Å². The molecule has 0 aromatic carbocycles. The maximum absolute atomic E-state index is 12.5. The Morgan fingerprint density at radius 2 is 1.93 bits per heavy atom. The van der Waals surface area contributed by atoms with E-state index in [9.17, 15) is 13.2 Å². The van der Waals surface area contributed by atoms with Gasteiger partial charge in [0.1, 0.15) is 5.82 Å². The number of nitrogens with zero attached hydrogens (tertiary/aromatic N) is 3. The molecule has 9 heteroatoms. The Morgan fingerprint density at radius 3 is 2.56 bits per heavy atom. The van der Waals surface area contributed by atoms with Crippen LogP contribution in [0.15, 0.2) is 5.16 Å². The number of carbonyl (C=O) groups is 1. The Labute approximate surface area is 166 Å². The molecule has 7 nitrogen and oxygen atoms in total. The molecule has 27 heavy (non-hydrogen) atoms. The van der Waals surface area contributed by atoms with Crippen molar-refractivity contribution in [2.24, 2.45) is 13.0 Å². The van der Waals surface area contributed by atoms with Crippen LogP contribution in [0.5, 0.6) is 0 Å². The number of carbonyl (C=O) groups excluding carboxylic acids is 1. The summed E-state index contributed by atoms with van der Waals surface area (Å²) in [7, 11) is -0.998. The molecule has 0 bridgehead atoms. The van der Waals surface area contributed by atoms with Crippen molar-refractivity contribution >= 4 is 27.5 Å². The SMILES string of the molecule is C[C@H](Sc1nnc(C[C@H]2CCS(=O)(=O)C2)n1C)C(=O)NC1CCCCCC1. The van der Waals surface area contributed by atoms with Crippen LogP contribution in [0.1, 0.15) is 57.7 Å². The van der Waals surface area contributed by atoms with E-state index in [1.807, 2.05) is 18.5 Å². The summed E-state index contributed by atoms with van der Waals surface area (Å²) >= 11 is 1.41. The minimum atomic E-state index is -2.88. The van der Waals surface area contributed by atoms with Crippen LogP contribution in [0.2, 0.25) is 0 Å². The van der Waals surface area contributed by atoms with Gasteiger partial charge in [0.25, 0.3) is 0 Å². The van der Waals surface area contributed by atoms with Gasteiger partial charge in [-0.3, -0.25) is 4.79 Å². The number of hydrogen-bond acceptors (Lipinski definition) is 6. The molecular weight excluding hydrogens is 384 g/mol. The number of hydrogen-bond donors (Lipinski definition) is 1. The first kappa shape index (κ1) is 20.6. The summed E-state index contributed by atoms with van der Waals surface area (Å²) in [5.74, 6) is 1.47. The fourth-order valence-electron chi connectivity index (χ4n) is 3.87. The van der Waals surface area contributed by atoms with Crippen molar-refractivity contribution in [3.8, 4) is 0 Å². The highest BCUT2D eigenvalue weighted by Crippen LogP contribution is 2.26. The normalized spacial score (nSPS) is 24.4. The summed E-state index contributed by atoms with van der Waals surface area (Å²) in [6, 6.07) is 0.294. The first-order chi connectivity index (χ1) is 12.8. The highest BCUT2D eigenvalue weighted by atomic mass is 32.2. The molecule has 2 fully saturated rings. The molecule has 2 heterocycles. The average Bonchev–Trinajstić information content (AvgIpc) is 3.00. The van der Waals surface area contributed by atoms with Gasteiger partial charge in [-0.1, -0.05) is 37.4 Å². The second kappa shape index (κ2) is 8.94. The van der Waals surface area contributed by atoms with Gasteiger partial charge < -0.3 is 9.88 Å². The van der Waals surface area contributed by atoms with Crippen LogP contribution in [0.3, 0.4) is 0 Å². The molecule has 2 atom stereocenters. The monoisotopic (exact) mass is 414 g/mol. The van der Waals surface area contributed by atoms with Crippen LogP contribution in [-0.2, 0) is 28.1 Å². The minimum Gasteiger partial charge on any atom is -0.352 e. The van der Waals surface area contributed by atoms with Gasteiger partial charge in [-0.25, -0.2) is 8.42 Å². The van der Waals surface area contributed by atoms with E-state index >= 15 is 0 Å². The Kier molecular flexibility index (Phi) is 6.83. The highest BCUT2D eigenvalue weighted by molar-refractivity contribution is 8.00. The first-order valence-electron chi connectivity index (χ1n) is 9.90. The van der Waals surface area contributed by atoms with Crippen molar-refractivity contribution in [2.45, 2.75) is 74.7 Å². The van der Waals surface area contributed by atoms with Crippen LogP contribution < -0.4 is 5.32 Å². The number of aromatic nitrogens is 3. The molecule has 1 aromatic rings. The van der Waals surface area contributed by atoms with Crippen molar-refractivity contribution in [2.75, 3.05) is 11.5 Å². The fourth-order valence-corrected chi connectivity index (χ4v) is 6.58. The molecule has 3 rings (SSSR count). The van der Waals surface area contributed by atoms with Crippen LogP contribution in [-0.4, -0.2) is 51.9 Å². The lowest BCUT2D eigenvalue weighted by atomic mass is 10.1. The van der Waals surface area contributed by atoms with Crippen molar-refractivity contribution in [1.82, 2.24) is 20.1 Å². The second-order valence-corrected chi connectivity index (χ2v) is 11.4. The third kappa shape index (κ3) is 5.70. The Bertz CT molecular complexity index is 755. The average molecular weight is 415 g/mol. The molecule has 1 aliphatic carbocycles. The second-order valence-electron chi connectivity index (χ2n) is 7.89. The summed E-state index contributed by atoms with van der Waals surface area (Å²) < 4.78 is 25.2. The van der Waals surface area contributed by atoms with E-state index in [4.69, 9.17) is 0 Å². The lowest BCUT2D eigenvalue weighted by molar-refractivity contribution is -0.121. The predicted molar refractivity (Wildman–Crippen MR) is 106 cm³/mol. The van der Waals surface area contributed by atoms with Gasteiger partial charge in [-0.15, -0.1) is 10.2 Å². The maximum Gasteiger partial charge on any atom is 0.233 e. The van der Waals surface area contributed by atoms with E-state index in [1.165, 1.54) is 37.4 Å². The molecule has 152 valence electrons. The van der Waals surface area contributed by atoms with Gasteiger partial charge in [-0.2, -0.15) is 0 Å². The van der Waals surface area contributed by atoms with Crippen molar-refractivity contribution in [3.05, 3.63) is 5.82 Å². The van der Waals surface area contributed by atoms with Crippen LogP contribution in [0.25, 0.3) is 0 Å². The molecule has 2 aliphatic rings. The number of rotatable bonds is 6. The highest BCUT2D eigenvalue weighted by Gasteiger charge is 2.29. The summed E-state index contributed by atoms with van der Waals surface area (Å²) in [6.45, 7) is 1.90. The third-order valence-electron chi connectivity index (χ3n) is 5.58. The Morgan fingerprint density at radius 1 is 1.22 bits per heavy atom. The number of nitrogens with one attached hydrogen (secondary N) is 1. The van der Waals surface area contributed by atoms with E-state index in [2.05, 4.69) is 15.5 Å². The summed E-state index contributed by atoms with van der Waals surface area (Å²) in [6.07, 6.45) is 8.36. The zero-order chi connectivity index (χ0) is 19.4. The standard InChI is InChI=1S/C18H30N4O3S2/c1-13(17(23)19-15-7-5-3-4-6-8-15)26-18-21-20-16(22(18)2)11-14-9-10-27(24,25)12-14/h13-15H,3-12H2,1-2H3,(H,19,23)/t13-,14+/m0/s1. The lowest BCUT2D eigenvalue weighted by Gasteiger charge is -2.19. The topological polar surface area (TPSA) is 93.9 Å². The molecule has 1 N–H and O–H groups in total. The van der Waals surface area contributed by atoms with E-state index in [-0.39, 0.29) is 28.6 Å². The van der Waals surface area contributed by atoms with Crippen LogP contribution in [0.4, 0.5) is 0 Å². The van der Waals surface area contributed by atoms with Crippen molar-refractivity contribution in [3.63, 3.8) is 0 Å². The molecule has 1 aliphatic heterocycles. The first-order valence-corrected chi connectivity index (χ1v) is 12.6. The summed E-state index contributed by atoms with van der Waals surface area (Å²) in [4.78, 5) is 12.5. The minimum absolute atomic E-state index is 0.0540. The number of sulfone groups is 1. The fraction of sp³-hybridized carbons (Fsp3) is 0.833. The molecule has 0 unspecified atom stereocenters. The van der Waals surface area contributed by atoms with Gasteiger partial charge in [0, 0.05) is 19.5 Å². The molecular formula is C18H30N4O3S2. The summed E-state index contributed by atoms with van der Waals surface area (Å²) in [5, 5.41) is 12.1. The Balaban J connectivity index is 1.54. The predicted octanol–water partition coefficient (Wildman–Crippen LogP) is 2.11. The number of thioether (sulfide) groups is 1. The van der Waals surface area contributed by atoms with E-state index in [0.717, 1.165) is 18.7 Å². The van der Waals surface area contributed by atoms with Crippen molar-refractivity contribution < 1.29 is 13.2 Å². The van der Waals surface area contributed by atoms with Gasteiger partial charge in [0.05, 0.1) is 16.8 Å². The van der Waals surface area contributed by atoms with Gasteiger partial charge >= 0.3 is 0 Å².